The lowest BCUT2D eigenvalue weighted by Crippen LogP contribution is -2.14. The molecule has 0 aliphatic heterocycles. The van der Waals surface area contributed by atoms with E-state index in [1.807, 2.05) is 60.7 Å². The summed E-state index contributed by atoms with van der Waals surface area (Å²) < 4.78 is 0. The Balaban J connectivity index is 1.82. The minimum atomic E-state index is -0.226. The molecule has 26 heavy (non-hydrogen) atoms. The number of ketones is 1. The molecule has 0 fully saturated rings. The Hall–Kier alpha value is -3.66. The molecule has 4 heteroatoms. The van der Waals surface area contributed by atoms with Crippen molar-refractivity contribution in [1.82, 2.24) is 0 Å². The molecule has 0 amide bonds. The van der Waals surface area contributed by atoms with Gasteiger partial charge in [0, 0.05) is 16.7 Å². The number of allylic oxidation sites excluding steroid dienone is 1. The highest BCUT2D eigenvalue weighted by atomic mass is 16.3. The molecule has 0 spiro atoms. The number of benzene rings is 3. The van der Waals surface area contributed by atoms with Gasteiger partial charge in [0.1, 0.15) is 11.5 Å². The van der Waals surface area contributed by atoms with Gasteiger partial charge in [0.05, 0.1) is 11.3 Å². The number of carbonyl (C=O) groups is 1. The quantitative estimate of drug-likeness (QED) is 0.536. The van der Waals surface area contributed by atoms with E-state index in [-0.39, 0.29) is 17.1 Å². The number of aliphatic hydroxyl groups excluding tert-OH is 1. The van der Waals surface area contributed by atoms with E-state index in [0.29, 0.717) is 16.8 Å². The molecule has 4 rings (SSSR count). The number of para-hydroxylation sites is 1. The molecule has 1 aliphatic rings. The fraction of sp³-hybridized carbons (Fsp3) is 0. The maximum Gasteiger partial charge on any atom is 0.199 e. The van der Waals surface area contributed by atoms with Gasteiger partial charge in [-0.05, 0) is 12.1 Å². The number of anilines is 1. The molecule has 3 aromatic carbocycles. The van der Waals surface area contributed by atoms with Gasteiger partial charge in [-0.15, -0.1) is 0 Å². The van der Waals surface area contributed by atoms with Crippen molar-refractivity contribution in [3.05, 3.63) is 107 Å². The second kappa shape index (κ2) is 6.69. The summed E-state index contributed by atoms with van der Waals surface area (Å²) in [5.74, 6) is -0.265. The lowest BCUT2D eigenvalue weighted by Gasteiger charge is -2.09. The predicted molar refractivity (Wildman–Crippen MR) is 103 cm³/mol. The third-order valence-corrected chi connectivity index (χ3v) is 4.25. The van der Waals surface area contributed by atoms with E-state index in [1.165, 1.54) is 0 Å². The lowest BCUT2D eigenvalue weighted by atomic mass is 9.99. The summed E-state index contributed by atoms with van der Waals surface area (Å²) in [5, 5.41) is 15.1. The smallest absolute Gasteiger partial charge is 0.199 e. The minimum Gasteiger partial charge on any atom is -0.506 e. The highest BCUT2D eigenvalue weighted by Crippen LogP contribution is 2.33. The standard InChI is InChI=1S/C22H16N2O2/c25-21-17-13-7-8-14-18(17)22(26)19(21)20(15-9-3-1-4-10-15)24-23-16-11-5-2-6-12-16/h1-14,23,25H/b24-20-. The normalized spacial score (nSPS) is 13.7. The first-order valence-electron chi connectivity index (χ1n) is 8.27. The maximum absolute atomic E-state index is 12.9. The van der Waals surface area contributed by atoms with Crippen molar-refractivity contribution in [2.24, 2.45) is 5.10 Å². The van der Waals surface area contributed by atoms with Crippen molar-refractivity contribution in [3.8, 4) is 0 Å². The van der Waals surface area contributed by atoms with Gasteiger partial charge in [0.25, 0.3) is 0 Å². The molecule has 4 nitrogen and oxygen atoms in total. The topological polar surface area (TPSA) is 61.7 Å². The van der Waals surface area contributed by atoms with Crippen molar-refractivity contribution in [1.29, 1.82) is 0 Å². The molecule has 0 radical (unpaired) electrons. The SMILES string of the molecule is O=C1C(/C(=N\Nc2ccccc2)c2ccccc2)=C(O)c2ccccc21. The Kier molecular flexibility index (Phi) is 4.07. The van der Waals surface area contributed by atoms with Crippen molar-refractivity contribution >= 4 is 22.9 Å². The summed E-state index contributed by atoms with van der Waals surface area (Å²) in [5.41, 5.74) is 6.17. The third kappa shape index (κ3) is 2.78. The number of nitrogens with one attached hydrogen (secondary N) is 1. The van der Waals surface area contributed by atoms with E-state index in [2.05, 4.69) is 10.5 Å². The Bertz CT molecular complexity index is 1020. The summed E-state index contributed by atoms with van der Waals surface area (Å²) in [7, 11) is 0. The van der Waals surface area contributed by atoms with Gasteiger partial charge in [0.15, 0.2) is 5.78 Å². The van der Waals surface area contributed by atoms with E-state index in [0.717, 1.165) is 11.3 Å². The van der Waals surface area contributed by atoms with E-state index in [4.69, 9.17) is 0 Å². The summed E-state index contributed by atoms with van der Waals surface area (Å²) in [6.07, 6.45) is 0. The lowest BCUT2D eigenvalue weighted by molar-refractivity contribution is 0.104. The molecule has 1 aliphatic carbocycles. The van der Waals surface area contributed by atoms with Gasteiger partial charge in [0.2, 0.25) is 0 Å². The second-order valence-electron chi connectivity index (χ2n) is 5.90. The Morgan fingerprint density at radius 3 is 2.00 bits per heavy atom. The van der Waals surface area contributed by atoms with E-state index in [9.17, 15) is 9.90 Å². The van der Waals surface area contributed by atoms with Crippen LogP contribution in [-0.4, -0.2) is 16.6 Å². The van der Waals surface area contributed by atoms with E-state index in [1.54, 1.807) is 24.3 Å². The third-order valence-electron chi connectivity index (χ3n) is 4.25. The Labute approximate surface area is 151 Å². The molecule has 0 saturated heterocycles. The average Bonchev–Trinajstić information content (AvgIpc) is 2.95. The van der Waals surface area contributed by atoms with Gasteiger partial charge in [-0.2, -0.15) is 5.10 Å². The van der Waals surface area contributed by atoms with Gasteiger partial charge < -0.3 is 5.11 Å². The van der Waals surface area contributed by atoms with Crippen LogP contribution in [0.2, 0.25) is 0 Å². The number of hydrogen-bond acceptors (Lipinski definition) is 4. The number of hydrazone groups is 1. The number of rotatable bonds is 4. The number of hydrogen-bond donors (Lipinski definition) is 2. The number of nitrogens with zero attached hydrogens (tertiary/aromatic N) is 1. The minimum absolute atomic E-state index is 0.0388. The van der Waals surface area contributed by atoms with Crippen LogP contribution >= 0.6 is 0 Å². The number of fused-ring (bicyclic) bond motifs is 1. The van der Waals surface area contributed by atoms with E-state index < -0.39 is 0 Å². The first kappa shape index (κ1) is 15.8. The molecule has 0 heterocycles. The molecule has 0 bridgehead atoms. The van der Waals surface area contributed by atoms with Crippen molar-refractivity contribution < 1.29 is 9.90 Å². The zero-order chi connectivity index (χ0) is 17.9. The Morgan fingerprint density at radius 2 is 1.35 bits per heavy atom. The Morgan fingerprint density at radius 1 is 0.769 bits per heavy atom. The van der Waals surface area contributed by atoms with Gasteiger partial charge >= 0.3 is 0 Å². The van der Waals surface area contributed by atoms with Crippen LogP contribution in [0, 0.1) is 0 Å². The average molecular weight is 340 g/mol. The van der Waals surface area contributed by atoms with Crippen LogP contribution in [0.15, 0.2) is 95.6 Å². The molecular weight excluding hydrogens is 324 g/mol. The monoisotopic (exact) mass is 340 g/mol. The van der Waals surface area contributed by atoms with Crippen LogP contribution in [-0.2, 0) is 0 Å². The van der Waals surface area contributed by atoms with Crippen LogP contribution < -0.4 is 5.43 Å². The molecular formula is C22H16N2O2. The highest BCUT2D eigenvalue weighted by Gasteiger charge is 2.33. The zero-order valence-corrected chi connectivity index (χ0v) is 13.9. The molecule has 3 aromatic rings. The molecule has 0 atom stereocenters. The molecule has 0 unspecified atom stereocenters. The van der Waals surface area contributed by atoms with Crippen molar-refractivity contribution in [3.63, 3.8) is 0 Å². The van der Waals surface area contributed by atoms with Crippen LogP contribution in [0.25, 0.3) is 5.76 Å². The number of aliphatic hydroxyl groups is 1. The van der Waals surface area contributed by atoms with Gasteiger partial charge in [-0.25, -0.2) is 0 Å². The fourth-order valence-corrected chi connectivity index (χ4v) is 2.98. The summed E-state index contributed by atoms with van der Waals surface area (Å²) in [6.45, 7) is 0. The first-order chi connectivity index (χ1) is 12.8. The van der Waals surface area contributed by atoms with Gasteiger partial charge in [-0.1, -0.05) is 72.8 Å². The van der Waals surface area contributed by atoms with Crippen molar-refractivity contribution in [2.45, 2.75) is 0 Å². The summed E-state index contributed by atoms with van der Waals surface area (Å²) in [6, 6.07) is 25.9. The first-order valence-corrected chi connectivity index (χ1v) is 8.27. The molecule has 2 N–H and O–H groups in total. The largest absolute Gasteiger partial charge is 0.506 e. The van der Waals surface area contributed by atoms with Crippen LogP contribution in [0.3, 0.4) is 0 Å². The zero-order valence-electron chi connectivity index (χ0n) is 13.9. The number of carbonyl (C=O) groups excluding carboxylic acids is 1. The fourth-order valence-electron chi connectivity index (χ4n) is 2.98. The van der Waals surface area contributed by atoms with Crippen LogP contribution in [0.1, 0.15) is 21.5 Å². The highest BCUT2D eigenvalue weighted by molar-refractivity contribution is 6.39. The summed E-state index contributed by atoms with van der Waals surface area (Å²) in [4.78, 5) is 12.9. The number of Topliss-reactive ketones (excluding diaryl/α,β-unsaturated/α-hetero) is 1. The molecule has 0 saturated carbocycles. The predicted octanol–water partition coefficient (Wildman–Crippen LogP) is 4.67. The summed E-state index contributed by atoms with van der Waals surface area (Å²) >= 11 is 0. The molecule has 0 aromatic heterocycles. The van der Waals surface area contributed by atoms with E-state index >= 15 is 0 Å². The maximum atomic E-state index is 12.9. The second-order valence-corrected chi connectivity index (χ2v) is 5.90. The van der Waals surface area contributed by atoms with Gasteiger partial charge in [-0.3, -0.25) is 10.2 Å². The van der Waals surface area contributed by atoms with Crippen LogP contribution in [0.5, 0.6) is 0 Å². The van der Waals surface area contributed by atoms with Crippen LogP contribution in [0.4, 0.5) is 5.69 Å². The van der Waals surface area contributed by atoms with Crippen molar-refractivity contribution in [2.75, 3.05) is 5.43 Å². The molecule has 126 valence electrons.